The Morgan fingerprint density at radius 3 is 2.44 bits per heavy atom. The van der Waals surface area contributed by atoms with Crippen molar-refractivity contribution in [3.05, 3.63) is 58.4 Å². The first kappa shape index (κ1) is 18.6. The molecule has 0 saturated heterocycles. The fourth-order valence-corrected chi connectivity index (χ4v) is 1.98. The third-order valence-corrected chi connectivity index (χ3v) is 3.29. The van der Waals surface area contributed by atoms with Gasteiger partial charge in [0.1, 0.15) is 23.2 Å². The lowest BCUT2D eigenvalue weighted by Gasteiger charge is -2.10. The van der Waals surface area contributed by atoms with E-state index < -0.39 is 47.2 Å². The molecule has 1 N–H and O–H groups in total. The first-order valence-corrected chi connectivity index (χ1v) is 7.14. The molecule has 0 fully saturated rings. The van der Waals surface area contributed by atoms with Gasteiger partial charge in [-0.2, -0.15) is 0 Å². The van der Waals surface area contributed by atoms with Crippen LogP contribution < -0.4 is 10.1 Å². The van der Waals surface area contributed by atoms with Crippen molar-refractivity contribution in [1.82, 2.24) is 0 Å². The molecule has 0 aliphatic heterocycles. The van der Waals surface area contributed by atoms with E-state index in [2.05, 4.69) is 10.1 Å². The molecule has 0 aliphatic carbocycles. The number of esters is 1. The number of carbonyl (C=O) groups is 2. The summed E-state index contributed by atoms with van der Waals surface area (Å²) in [6, 6.07) is 4.73. The van der Waals surface area contributed by atoms with E-state index in [0.29, 0.717) is 6.07 Å². The number of halogens is 4. The van der Waals surface area contributed by atoms with Crippen molar-refractivity contribution in [2.75, 3.05) is 19.0 Å². The molecule has 2 aromatic rings. The molecular formula is C16H11ClF3NO4. The molecule has 2 rings (SSSR count). The quantitative estimate of drug-likeness (QED) is 0.814. The fourth-order valence-electron chi connectivity index (χ4n) is 1.81. The van der Waals surface area contributed by atoms with E-state index in [-0.39, 0.29) is 10.8 Å². The van der Waals surface area contributed by atoms with Gasteiger partial charge < -0.3 is 14.8 Å². The van der Waals surface area contributed by atoms with Crippen LogP contribution in [0.15, 0.2) is 30.3 Å². The predicted molar refractivity (Wildman–Crippen MR) is 83.2 cm³/mol. The molecule has 0 aliphatic rings. The minimum Gasteiger partial charge on any atom is -0.484 e. The number of carbonyl (C=O) groups excluding carboxylic acids is 2. The van der Waals surface area contributed by atoms with Gasteiger partial charge in [-0.05, 0) is 18.2 Å². The summed E-state index contributed by atoms with van der Waals surface area (Å²) >= 11 is 5.57. The standard InChI is InChI=1S/C16H11ClF3NO4/c1-24-16(23)9-5-14(13(20)6-12(9)19)21-15(22)7-25-8-2-3-11(18)10(17)4-8/h2-6H,7H2,1H3,(H,21,22). The first-order chi connectivity index (χ1) is 11.8. The van der Waals surface area contributed by atoms with Crippen molar-refractivity contribution in [1.29, 1.82) is 0 Å². The molecule has 132 valence electrons. The lowest BCUT2D eigenvalue weighted by molar-refractivity contribution is -0.118. The number of benzene rings is 2. The van der Waals surface area contributed by atoms with Crippen LogP contribution in [0.1, 0.15) is 10.4 Å². The van der Waals surface area contributed by atoms with Gasteiger partial charge in [-0.3, -0.25) is 4.79 Å². The number of ether oxygens (including phenoxy) is 2. The van der Waals surface area contributed by atoms with Crippen molar-refractivity contribution in [2.45, 2.75) is 0 Å². The fraction of sp³-hybridized carbons (Fsp3) is 0.125. The van der Waals surface area contributed by atoms with E-state index in [4.69, 9.17) is 16.3 Å². The lowest BCUT2D eigenvalue weighted by Crippen LogP contribution is -2.21. The highest BCUT2D eigenvalue weighted by Crippen LogP contribution is 2.22. The summed E-state index contributed by atoms with van der Waals surface area (Å²) < 4.78 is 49.7. The Balaban J connectivity index is 2.07. The average molecular weight is 374 g/mol. The van der Waals surface area contributed by atoms with Gasteiger partial charge in [0.25, 0.3) is 5.91 Å². The van der Waals surface area contributed by atoms with Gasteiger partial charge in [-0.15, -0.1) is 0 Å². The molecule has 5 nitrogen and oxygen atoms in total. The van der Waals surface area contributed by atoms with Gasteiger partial charge in [0, 0.05) is 12.1 Å². The maximum atomic E-state index is 13.7. The molecule has 0 bridgehead atoms. The van der Waals surface area contributed by atoms with E-state index in [1.165, 1.54) is 6.07 Å². The van der Waals surface area contributed by atoms with Gasteiger partial charge in [-0.25, -0.2) is 18.0 Å². The van der Waals surface area contributed by atoms with Crippen molar-refractivity contribution in [3.8, 4) is 5.75 Å². The van der Waals surface area contributed by atoms with Gasteiger partial charge >= 0.3 is 5.97 Å². The summed E-state index contributed by atoms with van der Waals surface area (Å²) in [5, 5.41) is 1.94. The Morgan fingerprint density at radius 2 is 1.80 bits per heavy atom. The summed E-state index contributed by atoms with van der Waals surface area (Å²) in [5.41, 5.74) is -0.960. The molecule has 0 radical (unpaired) electrons. The normalized spacial score (nSPS) is 10.3. The number of nitrogens with one attached hydrogen (secondary N) is 1. The summed E-state index contributed by atoms with van der Waals surface area (Å²) in [4.78, 5) is 23.2. The van der Waals surface area contributed by atoms with E-state index in [0.717, 1.165) is 25.3 Å². The van der Waals surface area contributed by atoms with E-state index in [1.807, 2.05) is 0 Å². The van der Waals surface area contributed by atoms with Crippen LogP contribution in [-0.4, -0.2) is 25.6 Å². The molecule has 1 amide bonds. The highest BCUT2D eigenvalue weighted by Gasteiger charge is 2.18. The molecule has 2 aromatic carbocycles. The van der Waals surface area contributed by atoms with Crippen LogP contribution in [0.5, 0.6) is 5.75 Å². The monoisotopic (exact) mass is 373 g/mol. The Bertz CT molecular complexity index is 829. The summed E-state index contributed by atoms with van der Waals surface area (Å²) in [5.74, 6) is -4.55. The van der Waals surface area contributed by atoms with Crippen LogP contribution in [-0.2, 0) is 9.53 Å². The van der Waals surface area contributed by atoms with E-state index in [1.54, 1.807) is 0 Å². The maximum Gasteiger partial charge on any atom is 0.340 e. The molecule has 0 atom stereocenters. The van der Waals surface area contributed by atoms with Gasteiger partial charge in [0.2, 0.25) is 0 Å². The third kappa shape index (κ3) is 4.63. The molecule has 9 heteroatoms. The second-order valence-corrected chi connectivity index (χ2v) is 5.12. The zero-order valence-electron chi connectivity index (χ0n) is 12.7. The number of amides is 1. The van der Waals surface area contributed by atoms with Gasteiger partial charge in [0.05, 0.1) is 23.4 Å². The summed E-state index contributed by atoms with van der Waals surface area (Å²) in [7, 11) is 1.03. The van der Waals surface area contributed by atoms with Gasteiger partial charge in [0.15, 0.2) is 6.61 Å². The number of hydrogen-bond donors (Lipinski definition) is 1. The Hall–Kier alpha value is -2.74. The Morgan fingerprint density at radius 1 is 1.08 bits per heavy atom. The van der Waals surface area contributed by atoms with Crippen LogP contribution in [0.25, 0.3) is 0 Å². The largest absolute Gasteiger partial charge is 0.484 e. The minimum atomic E-state index is -1.13. The second kappa shape index (κ2) is 7.89. The van der Waals surface area contributed by atoms with Crippen LogP contribution in [0.2, 0.25) is 5.02 Å². The number of hydrogen-bond acceptors (Lipinski definition) is 4. The average Bonchev–Trinajstić information content (AvgIpc) is 2.57. The first-order valence-electron chi connectivity index (χ1n) is 6.77. The third-order valence-electron chi connectivity index (χ3n) is 3.00. The highest BCUT2D eigenvalue weighted by atomic mass is 35.5. The number of rotatable bonds is 5. The molecule has 0 unspecified atom stereocenters. The molecule has 25 heavy (non-hydrogen) atoms. The SMILES string of the molecule is COC(=O)c1cc(NC(=O)COc2ccc(F)c(Cl)c2)c(F)cc1F. The predicted octanol–water partition coefficient (Wildman–Crippen LogP) is 3.56. The maximum absolute atomic E-state index is 13.7. The van der Waals surface area contributed by atoms with Crippen LogP contribution in [0, 0.1) is 17.5 Å². The molecule has 0 aromatic heterocycles. The lowest BCUT2D eigenvalue weighted by atomic mass is 10.1. The Kier molecular flexibility index (Phi) is 5.87. The molecular weight excluding hydrogens is 363 g/mol. The molecule has 0 spiro atoms. The molecule has 0 saturated carbocycles. The van der Waals surface area contributed by atoms with Gasteiger partial charge in [-0.1, -0.05) is 11.6 Å². The van der Waals surface area contributed by atoms with Crippen LogP contribution in [0.4, 0.5) is 18.9 Å². The highest BCUT2D eigenvalue weighted by molar-refractivity contribution is 6.30. The van der Waals surface area contributed by atoms with E-state index in [9.17, 15) is 22.8 Å². The van der Waals surface area contributed by atoms with Crippen LogP contribution >= 0.6 is 11.6 Å². The summed E-state index contributed by atoms with van der Waals surface area (Å²) in [6.07, 6.45) is 0. The Labute approximate surface area is 145 Å². The summed E-state index contributed by atoms with van der Waals surface area (Å²) in [6.45, 7) is -0.549. The van der Waals surface area contributed by atoms with E-state index >= 15 is 0 Å². The minimum absolute atomic E-state index is 0.122. The molecule has 0 heterocycles. The van der Waals surface area contributed by atoms with Crippen molar-refractivity contribution < 1.29 is 32.2 Å². The topological polar surface area (TPSA) is 64.6 Å². The smallest absolute Gasteiger partial charge is 0.340 e. The van der Waals surface area contributed by atoms with Crippen molar-refractivity contribution in [2.24, 2.45) is 0 Å². The van der Waals surface area contributed by atoms with Crippen molar-refractivity contribution >= 4 is 29.2 Å². The number of methoxy groups -OCH3 is 1. The number of anilines is 1. The zero-order chi connectivity index (χ0) is 18.6. The van der Waals surface area contributed by atoms with Crippen molar-refractivity contribution in [3.63, 3.8) is 0 Å². The zero-order valence-corrected chi connectivity index (χ0v) is 13.5. The van der Waals surface area contributed by atoms with Crippen LogP contribution in [0.3, 0.4) is 0 Å². The second-order valence-electron chi connectivity index (χ2n) is 4.72.